The van der Waals surface area contributed by atoms with Gasteiger partial charge in [0, 0.05) is 15.6 Å². The fourth-order valence-electron chi connectivity index (χ4n) is 1.69. The number of hydrogen-bond acceptors (Lipinski definition) is 1. The molecule has 3 heteroatoms. The second kappa shape index (κ2) is 5.02. The molecule has 1 nitrogen and oxygen atoms in total. The number of ketones is 1. The van der Waals surface area contributed by atoms with Gasteiger partial charge in [-0.15, -0.1) is 0 Å². The van der Waals surface area contributed by atoms with Crippen molar-refractivity contribution in [3.8, 4) is 0 Å². The van der Waals surface area contributed by atoms with Crippen LogP contribution >= 0.6 is 15.9 Å². The number of hydrogen-bond donors (Lipinski definition) is 0. The lowest BCUT2D eigenvalue weighted by Gasteiger charge is -2.06. The highest BCUT2D eigenvalue weighted by Crippen LogP contribution is 2.22. The molecule has 0 fully saturated rings. The van der Waals surface area contributed by atoms with Crippen LogP contribution in [0.2, 0.25) is 0 Å². The molecule has 0 aliphatic rings. The molecule has 0 heterocycles. The molecular weight excluding hydrogens is 295 g/mol. The van der Waals surface area contributed by atoms with Gasteiger partial charge in [0.25, 0.3) is 0 Å². The first kappa shape index (κ1) is 13.0. The predicted octanol–water partition coefficient (Wildman–Crippen LogP) is 4.44. The molecule has 0 radical (unpaired) electrons. The molecule has 2 rings (SSSR count). The summed E-state index contributed by atoms with van der Waals surface area (Å²) in [6, 6.07) is 10.0. The zero-order valence-electron chi connectivity index (χ0n) is 10.1. The lowest BCUT2D eigenvalue weighted by molar-refractivity contribution is 0.103. The molecule has 0 amide bonds. The number of benzene rings is 2. The molecule has 0 spiro atoms. The Labute approximate surface area is 114 Å². The minimum absolute atomic E-state index is 0.180. The first-order valence-electron chi connectivity index (χ1n) is 5.56. The van der Waals surface area contributed by atoms with Gasteiger partial charge < -0.3 is 0 Å². The molecule has 0 atom stereocenters. The zero-order valence-corrected chi connectivity index (χ0v) is 11.7. The fraction of sp³-hybridized carbons (Fsp3) is 0.133. The summed E-state index contributed by atoms with van der Waals surface area (Å²) in [7, 11) is 0. The van der Waals surface area contributed by atoms with Crippen LogP contribution in [0.4, 0.5) is 4.39 Å². The summed E-state index contributed by atoms with van der Waals surface area (Å²) in [5.41, 5.74) is 2.51. The Morgan fingerprint density at radius 1 is 1.11 bits per heavy atom. The van der Waals surface area contributed by atoms with Crippen molar-refractivity contribution < 1.29 is 9.18 Å². The summed E-state index contributed by atoms with van der Waals surface area (Å²) in [6.45, 7) is 3.62. The molecule has 2 aromatic rings. The smallest absolute Gasteiger partial charge is 0.194 e. The summed E-state index contributed by atoms with van der Waals surface area (Å²) in [5.74, 6) is -0.537. The van der Waals surface area contributed by atoms with Crippen molar-refractivity contribution in [3.63, 3.8) is 0 Å². The minimum Gasteiger partial charge on any atom is -0.289 e. The second-order valence-corrected chi connectivity index (χ2v) is 5.13. The molecule has 0 N–H and O–H groups in total. The van der Waals surface area contributed by atoms with E-state index >= 15 is 0 Å². The van der Waals surface area contributed by atoms with Crippen LogP contribution in [0.5, 0.6) is 0 Å². The summed E-state index contributed by atoms with van der Waals surface area (Å²) < 4.78 is 14.2. The van der Waals surface area contributed by atoms with Crippen molar-refractivity contribution in [2.24, 2.45) is 0 Å². The Balaban J connectivity index is 2.44. The third-order valence-electron chi connectivity index (χ3n) is 2.80. The predicted molar refractivity (Wildman–Crippen MR) is 73.4 cm³/mol. The molecule has 92 valence electrons. The number of carbonyl (C=O) groups excluding carboxylic acids is 1. The van der Waals surface area contributed by atoms with E-state index in [-0.39, 0.29) is 11.6 Å². The summed E-state index contributed by atoms with van der Waals surface area (Å²) >= 11 is 3.36. The summed E-state index contributed by atoms with van der Waals surface area (Å²) in [5, 5.41) is 0. The Morgan fingerprint density at radius 3 is 2.44 bits per heavy atom. The number of rotatable bonds is 2. The van der Waals surface area contributed by atoms with Crippen LogP contribution in [-0.4, -0.2) is 5.78 Å². The van der Waals surface area contributed by atoms with Crippen molar-refractivity contribution in [2.75, 3.05) is 0 Å². The topological polar surface area (TPSA) is 17.1 Å². The van der Waals surface area contributed by atoms with Gasteiger partial charge in [-0.2, -0.15) is 0 Å². The fourth-order valence-corrected chi connectivity index (χ4v) is 2.37. The first-order chi connectivity index (χ1) is 8.49. The Morgan fingerprint density at radius 2 is 1.83 bits per heavy atom. The van der Waals surface area contributed by atoms with Crippen molar-refractivity contribution in [1.29, 1.82) is 0 Å². The molecule has 2 aromatic carbocycles. The second-order valence-electron chi connectivity index (χ2n) is 4.28. The Kier molecular flexibility index (Phi) is 3.62. The third kappa shape index (κ3) is 2.51. The molecule has 18 heavy (non-hydrogen) atoms. The van der Waals surface area contributed by atoms with Gasteiger partial charge in [0.15, 0.2) is 5.78 Å². The van der Waals surface area contributed by atoms with Gasteiger partial charge in [-0.05, 0) is 43.2 Å². The highest BCUT2D eigenvalue weighted by Gasteiger charge is 2.13. The maximum Gasteiger partial charge on any atom is 0.194 e. The molecule has 0 saturated carbocycles. The van der Waals surface area contributed by atoms with Crippen LogP contribution in [0.3, 0.4) is 0 Å². The van der Waals surface area contributed by atoms with Gasteiger partial charge in [-0.1, -0.05) is 34.1 Å². The van der Waals surface area contributed by atoms with Crippen LogP contribution in [0.1, 0.15) is 27.0 Å². The van der Waals surface area contributed by atoms with E-state index in [4.69, 9.17) is 0 Å². The molecule has 0 aromatic heterocycles. The van der Waals surface area contributed by atoms with Gasteiger partial charge in [0.05, 0.1) is 0 Å². The van der Waals surface area contributed by atoms with Crippen LogP contribution in [0.25, 0.3) is 0 Å². The highest BCUT2D eigenvalue weighted by molar-refractivity contribution is 9.10. The van der Waals surface area contributed by atoms with Crippen LogP contribution in [0.15, 0.2) is 40.9 Å². The summed E-state index contributed by atoms with van der Waals surface area (Å²) in [4.78, 5) is 12.2. The SMILES string of the molecule is Cc1ccc(C(=O)c2ccc(C)c(F)c2)c(Br)c1. The Hall–Kier alpha value is -1.48. The highest BCUT2D eigenvalue weighted by atomic mass is 79.9. The van der Waals surface area contributed by atoms with E-state index in [1.54, 1.807) is 25.1 Å². The molecule has 0 saturated heterocycles. The van der Waals surface area contributed by atoms with Crippen molar-refractivity contribution in [3.05, 3.63) is 68.9 Å². The van der Waals surface area contributed by atoms with Crippen LogP contribution < -0.4 is 0 Å². The lowest BCUT2D eigenvalue weighted by atomic mass is 10.0. The van der Waals surface area contributed by atoms with E-state index in [0.29, 0.717) is 16.7 Å². The van der Waals surface area contributed by atoms with Crippen LogP contribution in [0, 0.1) is 19.7 Å². The number of halogens is 2. The standard InChI is InChI=1S/C15H12BrFO/c1-9-3-6-12(13(16)7-9)15(18)11-5-4-10(2)14(17)8-11/h3-8H,1-2H3. The van der Waals surface area contributed by atoms with E-state index in [1.165, 1.54) is 6.07 Å². The largest absolute Gasteiger partial charge is 0.289 e. The normalized spacial score (nSPS) is 10.4. The molecule has 0 aliphatic heterocycles. The maximum atomic E-state index is 13.5. The van der Waals surface area contributed by atoms with E-state index in [1.807, 2.05) is 19.1 Å². The van der Waals surface area contributed by atoms with Crippen molar-refractivity contribution >= 4 is 21.7 Å². The van der Waals surface area contributed by atoms with Gasteiger partial charge in [-0.3, -0.25) is 4.79 Å². The first-order valence-corrected chi connectivity index (χ1v) is 6.35. The van der Waals surface area contributed by atoms with E-state index < -0.39 is 0 Å². The van der Waals surface area contributed by atoms with Gasteiger partial charge in [0.1, 0.15) is 5.82 Å². The minimum atomic E-state index is -0.357. The van der Waals surface area contributed by atoms with Gasteiger partial charge in [0.2, 0.25) is 0 Å². The zero-order chi connectivity index (χ0) is 13.3. The van der Waals surface area contributed by atoms with E-state index in [2.05, 4.69) is 15.9 Å². The van der Waals surface area contributed by atoms with E-state index in [9.17, 15) is 9.18 Å². The average Bonchev–Trinajstić information content (AvgIpc) is 2.32. The quantitative estimate of drug-likeness (QED) is 0.750. The van der Waals surface area contributed by atoms with Crippen molar-refractivity contribution in [2.45, 2.75) is 13.8 Å². The molecule has 0 unspecified atom stereocenters. The summed E-state index contributed by atoms with van der Waals surface area (Å²) in [6.07, 6.45) is 0. The van der Waals surface area contributed by atoms with Crippen LogP contribution in [-0.2, 0) is 0 Å². The van der Waals surface area contributed by atoms with Crippen molar-refractivity contribution in [1.82, 2.24) is 0 Å². The lowest BCUT2D eigenvalue weighted by Crippen LogP contribution is -2.03. The maximum absolute atomic E-state index is 13.5. The number of carbonyl (C=O) groups is 1. The Bertz CT molecular complexity index is 620. The monoisotopic (exact) mass is 306 g/mol. The average molecular weight is 307 g/mol. The molecule has 0 aliphatic carbocycles. The number of aryl methyl sites for hydroxylation is 2. The van der Waals surface area contributed by atoms with Gasteiger partial charge >= 0.3 is 0 Å². The van der Waals surface area contributed by atoms with E-state index in [0.717, 1.165) is 10.0 Å². The third-order valence-corrected chi connectivity index (χ3v) is 3.46. The van der Waals surface area contributed by atoms with Gasteiger partial charge in [-0.25, -0.2) is 4.39 Å². The molecule has 0 bridgehead atoms. The molecular formula is C15H12BrFO.